The van der Waals surface area contributed by atoms with Gasteiger partial charge in [-0.1, -0.05) is 13.3 Å². The first kappa shape index (κ1) is 21.0. The fourth-order valence-electron chi connectivity index (χ4n) is 2.65. The van der Waals surface area contributed by atoms with Gasteiger partial charge in [0.05, 0.1) is 11.7 Å². The van der Waals surface area contributed by atoms with E-state index in [1.807, 2.05) is 6.92 Å². The number of esters is 1. The molecule has 0 aliphatic carbocycles. The van der Waals surface area contributed by atoms with Crippen molar-refractivity contribution in [2.75, 3.05) is 17.7 Å². The molecule has 9 heteroatoms. The lowest BCUT2D eigenvalue weighted by Gasteiger charge is -2.13. The van der Waals surface area contributed by atoms with Crippen LogP contribution < -0.4 is 10.0 Å². The number of amides is 1. The van der Waals surface area contributed by atoms with Crippen LogP contribution in [0.3, 0.4) is 0 Å². The van der Waals surface area contributed by atoms with Crippen molar-refractivity contribution in [3.8, 4) is 0 Å². The van der Waals surface area contributed by atoms with E-state index in [2.05, 4.69) is 10.0 Å². The fraction of sp³-hybridized carbons (Fsp3) is 0.500. The number of rotatable bonds is 9. The number of carbonyl (C=O) groups is 3. The maximum absolute atomic E-state index is 12.3. The molecule has 148 valence electrons. The molecule has 2 atom stereocenters. The van der Waals surface area contributed by atoms with Crippen molar-refractivity contribution >= 4 is 33.4 Å². The van der Waals surface area contributed by atoms with Gasteiger partial charge in [0.1, 0.15) is 6.04 Å². The molecular weight excluding hydrogens is 372 g/mol. The predicted octanol–water partition coefficient (Wildman–Crippen LogP) is 1.58. The van der Waals surface area contributed by atoms with E-state index in [0.29, 0.717) is 23.2 Å². The van der Waals surface area contributed by atoms with E-state index in [4.69, 9.17) is 4.74 Å². The van der Waals surface area contributed by atoms with E-state index in [-0.39, 0.29) is 17.6 Å². The van der Waals surface area contributed by atoms with Crippen LogP contribution in [0.25, 0.3) is 0 Å². The molecule has 0 radical (unpaired) electrons. The van der Waals surface area contributed by atoms with Crippen LogP contribution in [0.4, 0.5) is 5.69 Å². The van der Waals surface area contributed by atoms with Gasteiger partial charge in [0.15, 0.2) is 12.4 Å². The summed E-state index contributed by atoms with van der Waals surface area (Å²) in [7, 11) is -3.57. The number of fused-ring (bicyclic) bond motifs is 1. The van der Waals surface area contributed by atoms with Crippen molar-refractivity contribution in [1.82, 2.24) is 4.72 Å². The summed E-state index contributed by atoms with van der Waals surface area (Å²) < 4.78 is 30.8. The number of nitrogens with one attached hydrogen (secondary N) is 2. The molecule has 0 saturated heterocycles. The van der Waals surface area contributed by atoms with Gasteiger partial charge in [0.25, 0.3) is 0 Å². The smallest absolute Gasteiger partial charge is 0.324 e. The van der Waals surface area contributed by atoms with Crippen molar-refractivity contribution in [1.29, 1.82) is 0 Å². The number of anilines is 1. The summed E-state index contributed by atoms with van der Waals surface area (Å²) in [5, 5.41) is 2.71. The largest absolute Gasteiger partial charge is 0.456 e. The van der Waals surface area contributed by atoms with E-state index in [9.17, 15) is 22.8 Å². The number of ketones is 1. The Morgan fingerprint density at radius 3 is 2.70 bits per heavy atom. The van der Waals surface area contributed by atoms with Crippen LogP contribution in [-0.4, -0.2) is 44.5 Å². The number of unbranched alkanes of at least 4 members (excludes halogenated alkanes) is 1. The van der Waals surface area contributed by atoms with Crippen LogP contribution in [0.2, 0.25) is 0 Å². The second-order valence-corrected chi connectivity index (χ2v) is 8.43. The van der Waals surface area contributed by atoms with Gasteiger partial charge in [-0.05, 0) is 44.0 Å². The van der Waals surface area contributed by atoms with Crippen LogP contribution in [-0.2, 0) is 24.3 Å². The Balaban J connectivity index is 1.92. The first-order valence-corrected chi connectivity index (χ1v) is 10.4. The minimum absolute atomic E-state index is 0.0693. The Labute approximate surface area is 158 Å². The molecule has 1 aromatic rings. The lowest BCUT2D eigenvalue weighted by Crippen LogP contribution is -2.41. The van der Waals surface area contributed by atoms with Crippen molar-refractivity contribution in [2.45, 2.75) is 45.6 Å². The first-order chi connectivity index (χ1) is 12.6. The molecular formula is C18H24N2O6S. The van der Waals surface area contributed by atoms with Gasteiger partial charge in [-0.15, -0.1) is 0 Å². The van der Waals surface area contributed by atoms with E-state index in [1.54, 1.807) is 25.1 Å². The SMILES string of the molecule is CCCCS(=O)(=O)N[C@@H](C)C(=O)OCC(=O)c1ccc2c(c1)[C@H](C)C(=O)N2. The summed E-state index contributed by atoms with van der Waals surface area (Å²) in [6.07, 6.45) is 1.21. The van der Waals surface area contributed by atoms with Gasteiger partial charge in [-0.25, -0.2) is 13.1 Å². The summed E-state index contributed by atoms with van der Waals surface area (Å²) >= 11 is 0. The van der Waals surface area contributed by atoms with Crippen molar-refractivity contribution in [2.24, 2.45) is 0 Å². The lowest BCUT2D eigenvalue weighted by atomic mass is 9.99. The second-order valence-electron chi connectivity index (χ2n) is 6.56. The third-order valence-electron chi connectivity index (χ3n) is 4.31. The summed E-state index contributed by atoms with van der Waals surface area (Å²) in [6.45, 7) is 4.46. The summed E-state index contributed by atoms with van der Waals surface area (Å²) in [4.78, 5) is 35.9. The van der Waals surface area contributed by atoms with Crippen molar-refractivity contribution < 1.29 is 27.5 Å². The average molecular weight is 396 g/mol. The highest BCUT2D eigenvalue weighted by atomic mass is 32.2. The fourth-order valence-corrected chi connectivity index (χ4v) is 4.07. The zero-order valence-electron chi connectivity index (χ0n) is 15.6. The van der Waals surface area contributed by atoms with Crippen molar-refractivity contribution in [3.63, 3.8) is 0 Å². The van der Waals surface area contributed by atoms with Crippen LogP contribution in [0, 0.1) is 0 Å². The maximum Gasteiger partial charge on any atom is 0.324 e. The molecule has 1 aliphatic heterocycles. The Hall–Kier alpha value is -2.26. The molecule has 2 N–H and O–H groups in total. The van der Waals surface area contributed by atoms with Crippen LogP contribution >= 0.6 is 0 Å². The Kier molecular flexibility index (Phi) is 6.72. The third kappa shape index (κ3) is 5.36. The van der Waals surface area contributed by atoms with Gasteiger partial charge in [-0.3, -0.25) is 14.4 Å². The maximum atomic E-state index is 12.3. The number of carbonyl (C=O) groups excluding carboxylic acids is 3. The monoisotopic (exact) mass is 396 g/mol. The zero-order valence-corrected chi connectivity index (χ0v) is 16.4. The highest BCUT2D eigenvalue weighted by Crippen LogP contribution is 2.32. The molecule has 2 rings (SSSR count). The Morgan fingerprint density at radius 2 is 2.04 bits per heavy atom. The molecule has 0 bridgehead atoms. The topological polar surface area (TPSA) is 119 Å². The highest BCUT2D eigenvalue weighted by molar-refractivity contribution is 7.89. The predicted molar refractivity (Wildman–Crippen MR) is 100 cm³/mol. The van der Waals surface area contributed by atoms with Crippen molar-refractivity contribution in [3.05, 3.63) is 29.3 Å². The lowest BCUT2D eigenvalue weighted by molar-refractivity contribution is -0.144. The third-order valence-corrected chi connectivity index (χ3v) is 5.85. The molecule has 0 spiro atoms. The first-order valence-electron chi connectivity index (χ1n) is 8.79. The standard InChI is InChI=1S/C18H24N2O6S/c1-4-5-8-27(24,25)20-12(3)18(23)26-10-16(21)13-6-7-15-14(9-13)11(2)17(22)19-15/h6-7,9,11-12,20H,4-5,8,10H2,1-3H3,(H,19,22)/t11-,12-/m0/s1. The highest BCUT2D eigenvalue weighted by Gasteiger charge is 2.27. The molecule has 8 nitrogen and oxygen atoms in total. The molecule has 0 saturated carbocycles. The minimum Gasteiger partial charge on any atom is -0.456 e. The van der Waals surface area contributed by atoms with Gasteiger partial charge < -0.3 is 10.1 Å². The molecule has 1 amide bonds. The van der Waals surface area contributed by atoms with Crippen LogP contribution in [0.15, 0.2) is 18.2 Å². The van der Waals surface area contributed by atoms with E-state index < -0.39 is 34.4 Å². The molecule has 1 aromatic carbocycles. The van der Waals surface area contributed by atoms with Crippen LogP contribution in [0.5, 0.6) is 0 Å². The number of benzene rings is 1. The molecule has 0 unspecified atom stereocenters. The van der Waals surface area contributed by atoms with E-state index in [0.717, 1.165) is 6.42 Å². The Morgan fingerprint density at radius 1 is 1.33 bits per heavy atom. The molecule has 0 aromatic heterocycles. The number of hydrogen-bond acceptors (Lipinski definition) is 6. The van der Waals surface area contributed by atoms with Gasteiger partial charge in [-0.2, -0.15) is 0 Å². The van der Waals surface area contributed by atoms with E-state index >= 15 is 0 Å². The number of ether oxygens (including phenoxy) is 1. The quantitative estimate of drug-likeness (QED) is 0.483. The average Bonchev–Trinajstić information content (AvgIpc) is 2.91. The minimum atomic E-state index is -3.57. The van der Waals surface area contributed by atoms with Crippen LogP contribution in [0.1, 0.15) is 55.5 Å². The second kappa shape index (κ2) is 8.62. The molecule has 27 heavy (non-hydrogen) atoms. The van der Waals surface area contributed by atoms with Gasteiger partial charge >= 0.3 is 5.97 Å². The van der Waals surface area contributed by atoms with Gasteiger partial charge in [0, 0.05) is 11.3 Å². The van der Waals surface area contributed by atoms with Gasteiger partial charge in [0.2, 0.25) is 15.9 Å². The number of sulfonamides is 1. The molecule has 1 aliphatic rings. The Bertz CT molecular complexity index is 849. The molecule has 1 heterocycles. The molecule has 0 fully saturated rings. The summed E-state index contributed by atoms with van der Waals surface area (Å²) in [5.41, 5.74) is 1.70. The normalized spacial score (nSPS) is 17.1. The number of hydrogen-bond donors (Lipinski definition) is 2. The summed E-state index contributed by atoms with van der Waals surface area (Å²) in [6, 6.07) is 3.70. The zero-order chi connectivity index (χ0) is 20.2. The summed E-state index contributed by atoms with van der Waals surface area (Å²) in [5.74, 6) is -1.81. The number of Topliss-reactive ketones (excluding diaryl/α,β-unsaturated/α-hetero) is 1. The van der Waals surface area contributed by atoms with E-state index in [1.165, 1.54) is 6.92 Å².